The number of benzene rings is 1. The van der Waals surface area contributed by atoms with E-state index in [2.05, 4.69) is 24.5 Å². The van der Waals surface area contributed by atoms with E-state index < -0.39 is 0 Å². The number of allylic oxidation sites excluding steroid dienone is 1. The largest absolute Gasteiger partial charge is 0.400 e. The number of aromatic nitrogens is 1. The Bertz CT molecular complexity index is 710. The lowest BCUT2D eigenvalue weighted by atomic mass is 10.1. The van der Waals surface area contributed by atoms with Crippen LogP contribution in [0.15, 0.2) is 29.3 Å². The topological polar surface area (TPSA) is 54.7 Å². The molecule has 0 radical (unpaired) electrons. The van der Waals surface area contributed by atoms with Gasteiger partial charge in [0.05, 0.1) is 23.4 Å². The maximum absolute atomic E-state index is 9.01. The smallest absolute Gasteiger partial charge is 0.0991 e. The lowest BCUT2D eigenvalue weighted by Crippen LogP contribution is -2.09. The van der Waals surface area contributed by atoms with Crippen molar-refractivity contribution in [1.29, 1.82) is 5.26 Å². The number of nitrogens with zero attached hydrogens (tertiary/aromatic N) is 2. The SMILES string of the molecule is Cc1c(C)n(C/C(N)=C/SCCl)c2ccc(C#N)cc12. The molecule has 0 fully saturated rings. The van der Waals surface area contributed by atoms with E-state index in [1.165, 1.54) is 23.0 Å². The van der Waals surface area contributed by atoms with Crippen molar-refractivity contribution in [3.63, 3.8) is 0 Å². The molecule has 0 amide bonds. The highest BCUT2D eigenvalue weighted by Crippen LogP contribution is 2.26. The molecule has 3 nitrogen and oxygen atoms in total. The van der Waals surface area contributed by atoms with Gasteiger partial charge in [0, 0.05) is 22.3 Å². The molecular formula is C15H16ClN3S. The average Bonchev–Trinajstić information content (AvgIpc) is 2.69. The molecule has 1 aromatic heterocycles. The number of rotatable bonds is 4. The third-order valence-corrected chi connectivity index (χ3v) is 4.38. The van der Waals surface area contributed by atoms with Crippen LogP contribution in [-0.4, -0.2) is 9.78 Å². The quantitative estimate of drug-likeness (QED) is 0.873. The van der Waals surface area contributed by atoms with Crippen LogP contribution in [0.5, 0.6) is 0 Å². The molecule has 0 aliphatic rings. The monoisotopic (exact) mass is 305 g/mol. The van der Waals surface area contributed by atoms with Gasteiger partial charge in [-0.15, -0.1) is 23.4 Å². The molecule has 0 saturated carbocycles. The second kappa shape index (κ2) is 6.25. The molecule has 5 heteroatoms. The maximum Gasteiger partial charge on any atom is 0.0991 e. The Labute approximate surface area is 128 Å². The second-order valence-electron chi connectivity index (χ2n) is 4.61. The molecule has 0 saturated heterocycles. The minimum Gasteiger partial charge on any atom is -0.400 e. The van der Waals surface area contributed by atoms with Gasteiger partial charge in [-0.05, 0) is 43.0 Å². The molecule has 1 heterocycles. The van der Waals surface area contributed by atoms with Crippen LogP contribution in [0, 0.1) is 25.2 Å². The molecule has 1 aromatic carbocycles. The number of nitrogens with two attached hydrogens (primary N) is 1. The summed E-state index contributed by atoms with van der Waals surface area (Å²) in [5.74, 6) is 0. The third-order valence-electron chi connectivity index (χ3n) is 3.41. The zero-order valence-electron chi connectivity index (χ0n) is 11.5. The zero-order valence-corrected chi connectivity index (χ0v) is 13.1. The molecule has 104 valence electrons. The number of hydrogen-bond acceptors (Lipinski definition) is 3. The summed E-state index contributed by atoms with van der Waals surface area (Å²) in [6.07, 6.45) is 0. The molecule has 0 bridgehead atoms. The van der Waals surface area contributed by atoms with E-state index in [0.29, 0.717) is 17.3 Å². The normalized spacial score (nSPS) is 11.8. The first kappa shape index (κ1) is 14.8. The number of fused-ring (bicyclic) bond motifs is 1. The van der Waals surface area contributed by atoms with E-state index in [1.54, 1.807) is 0 Å². The van der Waals surface area contributed by atoms with Crippen molar-refractivity contribution in [3.05, 3.63) is 46.1 Å². The standard InChI is InChI=1S/C15H16ClN3S/c1-10-11(2)19(7-13(18)8-20-9-16)15-4-3-12(6-17)5-14(10)15/h3-5,8H,7,9,18H2,1-2H3/b13-8-. The summed E-state index contributed by atoms with van der Waals surface area (Å²) in [6.45, 7) is 4.78. The summed E-state index contributed by atoms with van der Waals surface area (Å²) in [7, 11) is 0. The molecule has 0 unspecified atom stereocenters. The summed E-state index contributed by atoms with van der Waals surface area (Å²) >= 11 is 7.12. The van der Waals surface area contributed by atoms with Gasteiger partial charge in [-0.1, -0.05) is 0 Å². The molecule has 0 atom stereocenters. The third kappa shape index (κ3) is 2.79. The van der Waals surface area contributed by atoms with E-state index in [0.717, 1.165) is 16.6 Å². The first-order chi connectivity index (χ1) is 9.58. The minimum atomic E-state index is 0.497. The van der Waals surface area contributed by atoms with Crippen LogP contribution in [0.2, 0.25) is 0 Å². The molecule has 0 spiro atoms. The van der Waals surface area contributed by atoms with Gasteiger partial charge in [-0.3, -0.25) is 0 Å². The minimum absolute atomic E-state index is 0.497. The van der Waals surface area contributed by atoms with Crippen LogP contribution in [0.1, 0.15) is 16.8 Å². The number of halogens is 1. The van der Waals surface area contributed by atoms with E-state index >= 15 is 0 Å². The van der Waals surface area contributed by atoms with Gasteiger partial charge < -0.3 is 10.3 Å². The van der Waals surface area contributed by atoms with Crippen molar-refractivity contribution < 1.29 is 0 Å². The molecule has 0 aliphatic heterocycles. The van der Waals surface area contributed by atoms with Crippen molar-refractivity contribution in [2.45, 2.75) is 20.4 Å². The number of alkyl halides is 1. The van der Waals surface area contributed by atoms with Crippen LogP contribution in [0.3, 0.4) is 0 Å². The van der Waals surface area contributed by atoms with Crippen LogP contribution in [-0.2, 0) is 6.54 Å². The van der Waals surface area contributed by atoms with E-state index in [4.69, 9.17) is 22.6 Å². The van der Waals surface area contributed by atoms with Crippen LogP contribution in [0.25, 0.3) is 10.9 Å². The Morgan fingerprint density at radius 3 is 2.90 bits per heavy atom. The Hall–Kier alpha value is -1.57. The predicted octanol–water partition coefficient (Wildman–Crippen LogP) is 3.86. The second-order valence-corrected chi connectivity index (χ2v) is 6.05. The van der Waals surface area contributed by atoms with Crippen molar-refractivity contribution in [3.8, 4) is 6.07 Å². The van der Waals surface area contributed by atoms with Gasteiger partial charge in [0.25, 0.3) is 0 Å². The molecule has 20 heavy (non-hydrogen) atoms. The van der Waals surface area contributed by atoms with Crippen LogP contribution >= 0.6 is 23.4 Å². The lowest BCUT2D eigenvalue weighted by Gasteiger charge is -2.08. The van der Waals surface area contributed by atoms with Crippen molar-refractivity contribution in [1.82, 2.24) is 4.57 Å². The highest BCUT2D eigenvalue weighted by Gasteiger charge is 2.11. The number of hydrogen-bond donors (Lipinski definition) is 1. The van der Waals surface area contributed by atoms with E-state index in [9.17, 15) is 0 Å². The highest BCUT2D eigenvalue weighted by atomic mass is 35.5. The first-order valence-corrected chi connectivity index (χ1v) is 7.78. The summed E-state index contributed by atoms with van der Waals surface area (Å²) in [6, 6.07) is 7.93. The zero-order chi connectivity index (χ0) is 14.7. The molecular weight excluding hydrogens is 290 g/mol. The van der Waals surface area contributed by atoms with E-state index in [-0.39, 0.29) is 0 Å². The summed E-state index contributed by atoms with van der Waals surface area (Å²) in [4.78, 5) is 0. The first-order valence-electron chi connectivity index (χ1n) is 6.20. The highest BCUT2D eigenvalue weighted by molar-refractivity contribution is 8.03. The van der Waals surface area contributed by atoms with Gasteiger partial charge in [0.2, 0.25) is 0 Å². The van der Waals surface area contributed by atoms with Crippen molar-refractivity contribution in [2.24, 2.45) is 5.73 Å². The fourth-order valence-corrected chi connectivity index (χ4v) is 2.82. The molecule has 2 aromatic rings. The van der Waals surface area contributed by atoms with Gasteiger partial charge >= 0.3 is 0 Å². The molecule has 2 N–H and O–H groups in total. The Morgan fingerprint density at radius 1 is 1.50 bits per heavy atom. The number of nitriles is 1. The Balaban J connectivity index is 2.49. The fraction of sp³-hybridized carbons (Fsp3) is 0.267. The summed E-state index contributed by atoms with van der Waals surface area (Å²) in [5.41, 5.74) is 10.9. The van der Waals surface area contributed by atoms with Gasteiger partial charge in [-0.25, -0.2) is 0 Å². The Kier molecular flexibility index (Phi) is 4.64. The van der Waals surface area contributed by atoms with E-state index in [1.807, 2.05) is 23.6 Å². The average molecular weight is 306 g/mol. The molecule has 0 aliphatic carbocycles. The van der Waals surface area contributed by atoms with Gasteiger partial charge in [0.1, 0.15) is 0 Å². The Morgan fingerprint density at radius 2 is 2.25 bits per heavy atom. The number of thioether (sulfide) groups is 1. The lowest BCUT2D eigenvalue weighted by molar-refractivity contribution is 0.780. The van der Waals surface area contributed by atoms with Gasteiger partial charge in [0.15, 0.2) is 0 Å². The van der Waals surface area contributed by atoms with Gasteiger partial charge in [-0.2, -0.15) is 5.26 Å². The maximum atomic E-state index is 9.01. The van der Waals surface area contributed by atoms with Crippen LogP contribution < -0.4 is 5.73 Å². The van der Waals surface area contributed by atoms with Crippen molar-refractivity contribution in [2.75, 3.05) is 5.21 Å². The fourth-order valence-electron chi connectivity index (χ4n) is 2.28. The predicted molar refractivity (Wildman–Crippen MR) is 86.7 cm³/mol. The van der Waals surface area contributed by atoms with Crippen LogP contribution in [0.4, 0.5) is 0 Å². The molecule has 2 rings (SSSR count). The number of aryl methyl sites for hydroxylation is 1. The summed E-state index contributed by atoms with van der Waals surface area (Å²) < 4.78 is 2.17. The van der Waals surface area contributed by atoms with Crippen molar-refractivity contribution >= 4 is 34.3 Å². The summed E-state index contributed by atoms with van der Waals surface area (Å²) in [5, 5.41) is 12.5.